The van der Waals surface area contributed by atoms with E-state index in [-0.39, 0.29) is 0 Å². The number of fused-ring (bicyclic) bond motifs is 1. The Balaban J connectivity index is 1.86. The van der Waals surface area contributed by atoms with Gasteiger partial charge in [0.2, 0.25) is 0 Å². The maximum Gasteiger partial charge on any atom is 0.124 e. The molecule has 1 atom stereocenters. The molecule has 19 heavy (non-hydrogen) atoms. The van der Waals surface area contributed by atoms with Crippen molar-refractivity contribution in [2.75, 3.05) is 17.7 Å². The van der Waals surface area contributed by atoms with Crippen LogP contribution in [0.25, 0.3) is 0 Å². The number of ether oxygens (including phenoxy) is 1. The van der Waals surface area contributed by atoms with Crippen LogP contribution in [0.15, 0.2) is 42.5 Å². The number of hydrogen-bond donors (Lipinski definition) is 2. The van der Waals surface area contributed by atoms with Crippen LogP contribution in [0.5, 0.6) is 5.75 Å². The summed E-state index contributed by atoms with van der Waals surface area (Å²) in [4.78, 5) is 0. The van der Waals surface area contributed by atoms with Gasteiger partial charge in [-0.2, -0.15) is 0 Å². The van der Waals surface area contributed by atoms with Gasteiger partial charge in [-0.1, -0.05) is 18.2 Å². The highest BCUT2D eigenvalue weighted by atomic mass is 16.5. The van der Waals surface area contributed by atoms with E-state index in [1.165, 1.54) is 5.56 Å². The van der Waals surface area contributed by atoms with E-state index in [9.17, 15) is 0 Å². The van der Waals surface area contributed by atoms with Gasteiger partial charge in [-0.25, -0.2) is 0 Å². The molecule has 1 heterocycles. The first kappa shape index (κ1) is 11.9. The number of aryl methyl sites for hydroxylation is 1. The molecule has 0 fully saturated rings. The van der Waals surface area contributed by atoms with Crippen LogP contribution in [-0.4, -0.2) is 6.61 Å². The molecule has 0 saturated carbocycles. The maximum atomic E-state index is 5.85. The molecule has 0 aromatic heterocycles. The Hall–Kier alpha value is -2.16. The summed E-state index contributed by atoms with van der Waals surface area (Å²) >= 11 is 0. The van der Waals surface area contributed by atoms with Crippen molar-refractivity contribution in [1.29, 1.82) is 0 Å². The molecule has 2 aromatic carbocycles. The second-order valence-corrected chi connectivity index (χ2v) is 4.94. The standard InChI is InChI=1S/C16H18N2O/c1-11-10-12(6-7-14(11)17)18-15-8-9-19-16-5-3-2-4-13(15)16/h2-7,10,15,18H,8-9,17H2,1H3. The molecule has 3 nitrogen and oxygen atoms in total. The van der Waals surface area contributed by atoms with Gasteiger partial charge in [0.1, 0.15) is 5.75 Å². The van der Waals surface area contributed by atoms with Crippen LogP contribution >= 0.6 is 0 Å². The van der Waals surface area contributed by atoms with Crippen LogP contribution in [0.3, 0.4) is 0 Å². The number of hydrogen-bond acceptors (Lipinski definition) is 3. The van der Waals surface area contributed by atoms with Crippen molar-refractivity contribution < 1.29 is 4.74 Å². The van der Waals surface area contributed by atoms with Crippen molar-refractivity contribution in [2.24, 2.45) is 0 Å². The van der Waals surface area contributed by atoms with Crippen molar-refractivity contribution in [3.8, 4) is 5.75 Å². The summed E-state index contributed by atoms with van der Waals surface area (Å²) in [6, 6.07) is 14.6. The van der Waals surface area contributed by atoms with Crippen molar-refractivity contribution in [3.05, 3.63) is 53.6 Å². The lowest BCUT2D eigenvalue weighted by Crippen LogP contribution is -2.20. The fraction of sp³-hybridized carbons (Fsp3) is 0.250. The minimum atomic E-state index is 0.299. The van der Waals surface area contributed by atoms with Crippen LogP contribution in [0.4, 0.5) is 11.4 Å². The molecule has 3 heteroatoms. The zero-order valence-corrected chi connectivity index (χ0v) is 11.0. The fourth-order valence-electron chi connectivity index (χ4n) is 2.46. The van der Waals surface area contributed by atoms with Crippen LogP contribution in [0, 0.1) is 6.92 Å². The first-order chi connectivity index (χ1) is 9.24. The third kappa shape index (κ3) is 2.36. The monoisotopic (exact) mass is 254 g/mol. The smallest absolute Gasteiger partial charge is 0.124 e. The molecule has 3 rings (SSSR count). The van der Waals surface area contributed by atoms with E-state index >= 15 is 0 Å². The molecule has 0 radical (unpaired) electrons. The van der Waals surface area contributed by atoms with Gasteiger partial charge < -0.3 is 15.8 Å². The van der Waals surface area contributed by atoms with Crippen LogP contribution in [0.2, 0.25) is 0 Å². The van der Waals surface area contributed by atoms with E-state index in [0.717, 1.165) is 35.7 Å². The molecular formula is C16H18N2O. The van der Waals surface area contributed by atoms with Crippen molar-refractivity contribution in [2.45, 2.75) is 19.4 Å². The van der Waals surface area contributed by atoms with Gasteiger partial charge in [-0.05, 0) is 36.8 Å². The second kappa shape index (κ2) is 4.84. The molecule has 0 saturated heterocycles. The van der Waals surface area contributed by atoms with E-state index < -0.39 is 0 Å². The lowest BCUT2D eigenvalue weighted by atomic mass is 10.00. The predicted molar refractivity (Wildman–Crippen MR) is 78.5 cm³/mol. The minimum absolute atomic E-state index is 0.299. The molecule has 1 unspecified atom stereocenters. The van der Waals surface area contributed by atoms with E-state index in [0.29, 0.717) is 6.04 Å². The van der Waals surface area contributed by atoms with Crippen molar-refractivity contribution >= 4 is 11.4 Å². The Bertz CT molecular complexity index is 595. The van der Waals surface area contributed by atoms with Crippen LogP contribution in [-0.2, 0) is 0 Å². The SMILES string of the molecule is Cc1cc(NC2CCOc3ccccc32)ccc1N. The lowest BCUT2D eigenvalue weighted by molar-refractivity contribution is 0.274. The quantitative estimate of drug-likeness (QED) is 0.806. The van der Waals surface area contributed by atoms with Gasteiger partial charge in [-0.15, -0.1) is 0 Å². The molecule has 0 bridgehead atoms. The Kier molecular flexibility index (Phi) is 3.03. The predicted octanol–water partition coefficient (Wildman–Crippen LogP) is 3.51. The van der Waals surface area contributed by atoms with Gasteiger partial charge in [0.15, 0.2) is 0 Å². The molecule has 1 aliphatic rings. The van der Waals surface area contributed by atoms with Crippen molar-refractivity contribution in [1.82, 2.24) is 0 Å². The average molecular weight is 254 g/mol. The zero-order chi connectivity index (χ0) is 13.2. The summed E-state index contributed by atoms with van der Waals surface area (Å²) < 4.78 is 5.67. The Morgan fingerprint density at radius 3 is 2.89 bits per heavy atom. The number of nitrogen functional groups attached to an aromatic ring is 1. The Morgan fingerprint density at radius 1 is 1.21 bits per heavy atom. The van der Waals surface area contributed by atoms with E-state index in [2.05, 4.69) is 23.5 Å². The summed E-state index contributed by atoms with van der Waals surface area (Å²) in [5, 5.41) is 3.57. The topological polar surface area (TPSA) is 47.3 Å². The molecule has 1 aliphatic heterocycles. The molecular weight excluding hydrogens is 236 g/mol. The Morgan fingerprint density at radius 2 is 2.05 bits per heavy atom. The third-order valence-electron chi connectivity index (χ3n) is 3.57. The minimum Gasteiger partial charge on any atom is -0.493 e. The number of para-hydroxylation sites is 1. The van der Waals surface area contributed by atoms with Gasteiger partial charge in [0.05, 0.1) is 12.6 Å². The molecule has 98 valence electrons. The summed E-state index contributed by atoms with van der Waals surface area (Å²) in [7, 11) is 0. The number of benzene rings is 2. The zero-order valence-electron chi connectivity index (χ0n) is 11.0. The summed E-state index contributed by atoms with van der Waals surface area (Å²) in [5.41, 5.74) is 10.1. The number of nitrogens with two attached hydrogens (primary N) is 1. The number of anilines is 2. The number of nitrogens with one attached hydrogen (secondary N) is 1. The number of rotatable bonds is 2. The van der Waals surface area contributed by atoms with Crippen LogP contribution in [0.1, 0.15) is 23.6 Å². The first-order valence-corrected chi connectivity index (χ1v) is 6.58. The molecule has 0 amide bonds. The second-order valence-electron chi connectivity index (χ2n) is 4.94. The van der Waals surface area contributed by atoms with E-state index in [1.54, 1.807) is 0 Å². The highest BCUT2D eigenvalue weighted by Gasteiger charge is 2.20. The normalized spacial score (nSPS) is 17.4. The average Bonchev–Trinajstić information content (AvgIpc) is 2.43. The van der Waals surface area contributed by atoms with Gasteiger partial charge in [-0.3, -0.25) is 0 Å². The lowest BCUT2D eigenvalue weighted by Gasteiger charge is -2.27. The first-order valence-electron chi connectivity index (χ1n) is 6.58. The molecule has 0 aliphatic carbocycles. The molecule has 0 spiro atoms. The highest BCUT2D eigenvalue weighted by Crippen LogP contribution is 2.34. The van der Waals surface area contributed by atoms with Gasteiger partial charge in [0.25, 0.3) is 0 Å². The summed E-state index contributed by atoms with van der Waals surface area (Å²) in [6.07, 6.45) is 0.973. The summed E-state index contributed by atoms with van der Waals surface area (Å²) in [6.45, 7) is 2.78. The fourth-order valence-corrected chi connectivity index (χ4v) is 2.46. The highest BCUT2D eigenvalue weighted by molar-refractivity contribution is 5.58. The third-order valence-corrected chi connectivity index (χ3v) is 3.57. The Labute approximate surface area is 113 Å². The molecule has 3 N–H and O–H groups in total. The maximum absolute atomic E-state index is 5.85. The summed E-state index contributed by atoms with van der Waals surface area (Å²) in [5.74, 6) is 0.985. The van der Waals surface area contributed by atoms with Crippen molar-refractivity contribution in [3.63, 3.8) is 0 Å². The molecule has 2 aromatic rings. The van der Waals surface area contributed by atoms with Gasteiger partial charge in [0, 0.05) is 23.4 Å². The van der Waals surface area contributed by atoms with E-state index in [1.807, 2.05) is 31.2 Å². The largest absolute Gasteiger partial charge is 0.493 e. The van der Waals surface area contributed by atoms with Crippen LogP contribution < -0.4 is 15.8 Å². The van der Waals surface area contributed by atoms with Gasteiger partial charge >= 0.3 is 0 Å². The van der Waals surface area contributed by atoms with E-state index in [4.69, 9.17) is 10.5 Å².